The Morgan fingerprint density at radius 1 is 1.19 bits per heavy atom. The summed E-state index contributed by atoms with van der Waals surface area (Å²) in [5, 5.41) is 6.90. The average Bonchev–Trinajstić information content (AvgIpc) is 3.03. The van der Waals surface area contributed by atoms with Crippen LogP contribution in [0.5, 0.6) is 5.88 Å². The number of carbonyl (C=O) groups is 1. The Kier molecular flexibility index (Phi) is 8.54. The molecule has 3 heterocycles. The van der Waals surface area contributed by atoms with E-state index in [1.54, 1.807) is 6.07 Å². The van der Waals surface area contributed by atoms with Gasteiger partial charge in [-0.05, 0) is 56.6 Å². The molecule has 1 N–H and O–H groups in total. The zero-order chi connectivity index (χ0) is 25.7. The molecule has 1 aliphatic carbocycles. The van der Waals surface area contributed by atoms with E-state index in [9.17, 15) is 18.0 Å². The Morgan fingerprint density at radius 3 is 2.64 bits per heavy atom. The molecule has 10 heteroatoms. The molecular formula is C26H36F3N5O2. The lowest BCUT2D eigenvalue weighted by atomic mass is 9.84. The minimum Gasteiger partial charge on any atom is -0.471 e. The van der Waals surface area contributed by atoms with Gasteiger partial charge in [0.2, 0.25) is 17.7 Å². The van der Waals surface area contributed by atoms with Gasteiger partial charge < -0.3 is 15.0 Å². The van der Waals surface area contributed by atoms with Crippen LogP contribution in [0, 0.1) is 11.9 Å². The Bertz CT molecular complexity index is 1030. The van der Waals surface area contributed by atoms with E-state index in [-0.39, 0.29) is 24.2 Å². The predicted molar refractivity (Wildman–Crippen MR) is 130 cm³/mol. The molecule has 198 valence electrons. The van der Waals surface area contributed by atoms with Crippen LogP contribution in [0.3, 0.4) is 0 Å². The molecule has 0 atom stereocenters. The minimum atomic E-state index is -2.88. The molecule has 2 aliphatic rings. The molecule has 1 saturated carbocycles. The number of halogens is 3. The van der Waals surface area contributed by atoms with E-state index in [1.165, 1.54) is 13.2 Å². The number of amides is 1. The normalized spacial score (nSPS) is 21.0. The molecule has 4 rings (SSSR count). The number of rotatable bonds is 9. The second-order valence-electron chi connectivity index (χ2n) is 10.3. The van der Waals surface area contributed by atoms with Gasteiger partial charge in [0.15, 0.2) is 6.61 Å². The van der Waals surface area contributed by atoms with Crippen LogP contribution >= 0.6 is 0 Å². The highest BCUT2D eigenvalue weighted by molar-refractivity contribution is 5.78. The van der Waals surface area contributed by atoms with Crippen molar-refractivity contribution >= 4 is 5.91 Å². The number of nitrogens with zero attached hydrogens (tertiary/aromatic N) is 4. The van der Waals surface area contributed by atoms with E-state index in [0.717, 1.165) is 87.4 Å². The molecule has 1 amide bonds. The SMILES string of the molecule is Cn1ncc(CC(=O)NC2CCC(CCN3CCc4ccc(OCC(C)(F)F)nc4CC3)CC2)c1F. The van der Waals surface area contributed by atoms with Gasteiger partial charge in [-0.3, -0.25) is 4.79 Å². The van der Waals surface area contributed by atoms with E-state index in [1.807, 2.05) is 6.07 Å². The first-order chi connectivity index (χ1) is 17.2. The van der Waals surface area contributed by atoms with Crippen molar-refractivity contribution < 1.29 is 22.7 Å². The second-order valence-corrected chi connectivity index (χ2v) is 10.3. The third-order valence-electron chi connectivity index (χ3n) is 7.23. The summed E-state index contributed by atoms with van der Waals surface area (Å²) >= 11 is 0. The molecule has 0 unspecified atom stereocenters. The number of aryl methyl sites for hydroxylation is 1. The average molecular weight is 508 g/mol. The van der Waals surface area contributed by atoms with Crippen molar-refractivity contribution in [1.82, 2.24) is 25.0 Å². The summed E-state index contributed by atoms with van der Waals surface area (Å²) in [6, 6.07) is 3.79. The highest BCUT2D eigenvalue weighted by Gasteiger charge is 2.25. The fourth-order valence-electron chi connectivity index (χ4n) is 5.11. The topological polar surface area (TPSA) is 72.3 Å². The Morgan fingerprint density at radius 2 is 1.94 bits per heavy atom. The fourth-order valence-corrected chi connectivity index (χ4v) is 5.11. The standard InChI is InChI=1S/C26H36F3N5O2/c1-26(28,29)17-36-24-8-5-19-10-13-34(14-11-22(19)32-24)12-9-18-3-6-21(7-4-18)31-23(35)15-20-16-30-33(2)25(20)27/h5,8,16,18,21H,3-4,6-7,9-15,17H2,1-2H3,(H,31,35). The van der Waals surface area contributed by atoms with E-state index >= 15 is 0 Å². The van der Waals surface area contributed by atoms with Crippen molar-refractivity contribution in [3.63, 3.8) is 0 Å². The van der Waals surface area contributed by atoms with E-state index < -0.39 is 18.5 Å². The lowest BCUT2D eigenvalue weighted by Gasteiger charge is -2.30. The van der Waals surface area contributed by atoms with E-state index in [0.29, 0.717) is 11.5 Å². The molecule has 0 radical (unpaired) electrons. The second kappa shape index (κ2) is 11.6. The molecule has 1 fully saturated rings. The Labute approximate surface area is 210 Å². The van der Waals surface area contributed by atoms with Gasteiger partial charge in [0, 0.05) is 56.8 Å². The van der Waals surface area contributed by atoms with E-state index in [2.05, 4.69) is 20.3 Å². The predicted octanol–water partition coefficient (Wildman–Crippen LogP) is 3.70. The molecule has 7 nitrogen and oxygen atoms in total. The van der Waals surface area contributed by atoms with Crippen LogP contribution in [0.15, 0.2) is 18.3 Å². The van der Waals surface area contributed by atoms with Gasteiger partial charge in [0.05, 0.1) is 12.6 Å². The first kappa shape index (κ1) is 26.4. The lowest BCUT2D eigenvalue weighted by Crippen LogP contribution is -2.39. The molecule has 1 aliphatic heterocycles. The number of carbonyl (C=O) groups excluding carboxylic acids is 1. The van der Waals surface area contributed by atoms with Crippen LogP contribution in [0.1, 0.15) is 55.8 Å². The number of hydrogen-bond acceptors (Lipinski definition) is 5. The highest BCUT2D eigenvalue weighted by Crippen LogP contribution is 2.28. The van der Waals surface area contributed by atoms with Crippen LogP contribution < -0.4 is 10.1 Å². The number of aromatic nitrogens is 3. The number of hydrogen-bond donors (Lipinski definition) is 1. The summed E-state index contributed by atoms with van der Waals surface area (Å²) in [4.78, 5) is 19.3. The van der Waals surface area contributed by atoms with Crippen LogP contribution in [0.25, 0.3) is 0 Å². The third-order valence-corrected chi connectivity index (χ3v) is 7.23. The van der Waals surface area contributed by atoms with Gasteiger partial charge in [-0.15, -0.1) is 0 Å². The van der Waals surface area contributed by atoms with Crippen LogP contribution in [-0.2, 0) is 31.1 Å². The summed E-state index contributed by atoms with van der Waals surface area (Å²) in [5.41, 5.74) is 2.43. The van der Waals surface area contributed by atoms with Crippen LogP contribution in [-0.4, -0.2) is 63.8 Å². The number of ether oxygens (including phenoxy) is 1. The van der Waals surface area contributed by atoms with Crippen molar-refractivity contribution in [1.29, 1.82) is 0 Å². The lowest BCUT2D eigenvalue weighted by molar-refractivity contribution is -0.121. The zero-order valence-electron chi connectivity index (χ0n) is 21.1. The first-order valence-corrected chi connectivity index (χ1v) is 12.8. The van der Waals surface area contributed by atoms with Crippen LogP contribution in [0.2, 0.25) is 0 Å². The maximum absolute atomic E-state index is 13.9. The van der Waals surface area contributed by atoms with E-state index in [4.69, 9.17) is 4.74 Å². The van der Waals surface area contributed by atoms with Crippen molar-refractivity contribution in [3.05, 3.63) is 41.1 Å². The molecule has 0 bridgehead atoms. The summed E-state index contributed by atoms with van der Waals surface area (Å²) < 4.78 is 46.3. The molecule has 0 spiro atoms. The summed E-state index contributed by atoms with van der Waals surface area (Å²) in [7, 11) is 1.52. The fraction of sp³-hybridized carbons (Fsp3) is 0.654. The summed E-state index contributed by atoms with van der Waals surface area (Å²) in [6.45, 7) is 3.03. The maximum atomic E-state index is 13.9. The maximum Gasteiger partial charge on any atom is 0.278 e. The third kappa shape index (κ3) is 7.44. The van der Waals surface area contributed by atoms with Crippen molar-refractivity contribution in [2.24, 2.45) is 13.0 Å². The number of nitrogens with one attached hydrogen (secondary N) is 1. The molecule has 0 saturated heterocycles. The smallest absolute Gasteiger partial charge is 0.278 e. The summed E-state index contributed by atoms with van der Waals surface area (Å²) in [6.07, 6.45) is 8.25. The molecule has 36 heavy (non-hydrogen) atoms. The molecular weight excluding hydrogens is 471 g/mol. The van der Waals surface area contributed by atoms with Crippen molar-refractivity contribution in [2.45, 2.75) is 70.3 Å². The first-order valence-electron chi connectivity index (χ1n) is 12.8. The zero-order valence-corrected chi connectivity index (χ0v) is 21.1. The Hall–Kier alpha value is -2.62. The van der Waals surface area contributed by atoms with Gasteiger partial charge in [0.25, 0.3) is 5.92 Å². The van der Waals surface area contributed by atoms with Gasteiger partial charge in [-0.2, -0.15) is 9.49 Å². The number of pyridine rings is 1. The Balaban J connectivity index is 1.16. The minimum absolute atomic E-state index is 0.0184. The largest absolute Gasteiger partial charge is 0.471 e. The molecule has 0 aromatic carbocycles. The number of fused-ring (bicyclic) bond motifs is 1. The monoisotopic (exact) mass is 507 g/mol. The van der Waals surface area contributed by atoms with Crippen molar-refractivity contribution in [2.75, 3.05) is 26.2 Å². The highest BCUT2D eigenvalue weighted by atomic mass is 19.3. The van der Waals surface area contributed by atoms with Gasteiger partial charge in [0.1, 0.15) is 0 Å². The van der Waals surface area contributed by atoms with Crippen LogP contribution in [0.4, 0.5) is 13.2 Å². The number of alkyl halides is 2. The van der Waals surface area contributed by atoms with Gasteiger partial charge >= 0.3 is 0 Å². The van der Waals surface area contributed by atoms with Gasteiger partial charge in [-0.25, -0.2) is 18.4 Å². The molecule has 2 aromatic heterocycles. The quantitative estimate of drug-likeness (QED) is 0.561. The van der Waals surface area contributed by atoms with Crippen molar-refractivity contribution in [3.8, 4) is 5.88 Å². The summed E-state index contributed by atoms with van der Waals surface area (Å²) in [5.74, 6) is -2.60. The molecule has 2 aromatic rings. The van der Waals surface area contributed by atoms with Gasteiger partial charge in [-0.1, -0.05) is 6.07 Å².